The minimum atomic E-state index is 0.0892. The summed E-state index contributed by atoms with van der Waals surface area (Å²) in [4.78, 5) is 20.0. The van der Waals surface area contributed by atoms with Gasteiger partial charge in [0.25, 0.3) is 5.91 Å². The van der Waals surface area contributed by atoms with Gasteiger partial charge in [0.1, 0.15) is 4.88 Å². The monoisotopic (exact) mass is 301 g/mol. The number of hydrogen-bond acceptors (Lipinski definition) is 4. The number of hydrogen-bond donors (Lipinski definition) is 1. The molecule has 1 aromatic carbocycles. The number of amides is 1. The molecule has 2 aromatic rings. The van der Waals surface area contributed by atoms with E-state index in [-0.39, 0.29) is 11.9 Å². The van der Waals surface area contributed by atoms with Crippen LogP contribution in [0.1, 0.15) is 27.5 Å². The SMILES string of the molecule is Cc1nc(-c2ccccc2)c(C(=O)N2CCC(N)CC2)s1. The minimum Gasteiger partial charge on any atom is -0.338 e. The fourth-order valence-electron chi connectivity index (χ4n) is 2.61. The summed E-state index contributed by atoms with van der Waals surface area (Å²) in [5, 5.41) is 0.922. The standard InChI is InChI=1S/C16H19N3OS/c1-11-18-14(12-5-3-2-4-6-12)15(21-11)16(20)19-9-7-13(17)8-10-19/h2-6,13H,7-10,17H2,1H3. The predicted octanol–water partition coefficient (Wildman–Crippen LogP) is 2.68. The number of nitrogens with two attached hydrogens (primary N) is 1. The van der Waals surface area contributed by atoms with Crippen LogP contribution in [0.25, 0.3) is 11.3 Å². The summed E-state index contributed by atoms with van der Waals surface area (Å²) >= 11 is 1.48. The van der Waals surface area contributed by atoms with Crippen molar-refractivity contribution in [2.45, 2.75) is 25.8 Å². The van der Waals surface area contributed by atoms with Crippen LogP contribution in [0.3, 0.4) is 0 Å². The Labute approximate surface area is 128 Å². The Morgan fingerprint density at radius 1 is 1.29 bits per heavy atom. The molecule has 5 heteroatoms. The molecule has 4 nitrogen and oxygen atoms in total. The van der Waals surface area contributed by atoms with E-state index in [2.05, 4.69) is 4.98 Å². The highest BCUT2D eigenvalue weighted by molar-refractivity contribution is 7.14. The first-order valence-corrected chi connectivity index (χ1v) is 8.04. The van der Waals surface area contributed by atoms with Crippen LogP contribution >= 0.6 is 11.3 Å². The van der Waals surface area contributed by atoms with Gasteiger partial charge >= 0.3 is 0 Å². The Morgan fingerprint density at radius 2 is 1.95 bits per heavy atom. The van der Waals surface area contributed by atoms with Gasteiger partial charge in [0.2, 0.25) is 0 Å². The van der Waals surface area contributed by atoms with Crippen molar-refractivity contribution >= 4 is 17.2 Å². The van der Waals surface area contributed by atoms with Gasteiger partial charge in [0.15, 0.2) is 0 Å². The number of aryl methyl sites for hydroxylation is 1. The molecular formula is C16H19N3OS. The second-order valence-corrected chi connectivity index (χ2v) is 6.61. The zero-order chi connectivity index (χ0) is 14.8. The normalized spacial score (nSPS) is 16.2. The largest absolute Gasteiger partial charge is 0.338 e. The molecule has 1 aliphatic heterocycles. The third-order valence-electron chi connectivity index (χ3n) is 3.80. The van der Waals surface area contributed by atoms with Gasteiger partial charge in [-0.25, -0.2) is 4.98 Å². The van der Waals surface area contributed by atoms with Crippen LogP contribution in [-0.4, -0.2) is 34.9 Å². The third-order valence-corrected chi connectivity index (χ3v) is 4.76. The smallest absolute Gasteiger partial charge is 0.266 e. The number of aromatic nitrogens is 1. The Balaban J connectivity index is 1.90. The van der Waals surface area contributed by atoms with Crippen LogP contribution in [0.5, 0.6) is 0 Å². The van der Waals surface area contributed by atoms with Crippen molar-refractivity contribution in [1.29, 1.82) is 0 Å². The molecule has 0 radical (unpaired) electrons. The van der Waals surface area contributed by atoms with Crippen molar-refractivity contribution in [3.05, 3.63) is 40.2 Å². The summed E-state index contributed by atoms with van der Waals surface area (Å²) in [5.74, 6) is 0.0892. The van der Waals surface area contributed by atoms with Gasteiger partial charge < -0.3 is 10.6 Å². The number of nitrogens with zero attached hydrogens (tertiary/aromatic N) is 2. The predicted molar refractivity (Wildman–Crippen MR) is 85.4 cm³/mol. The van der Waals surface area contributed by atoms with Crippen molar-refractivity contribution in [3.63, 3.8) is 0 Å². The summed E-state index contributed by atoms with van der Waals surface area (Å²) < 4.78 is 0. The molecule has 1 saturated heterocycles. The quantitative estimate of drug-likeness (QED) is 0.927. The zero-order valence-electron chi connectivity index (χ0n) is 12.1. The minimum absolute atomic E-state index is 0.0892. The van der Waals surface area contributed by atoms with Gasteiger partial charge in [-0.15, -0.1) is 11.3 Å². The van der Waals surface area contributed by atoms with Gasteiger partial charge in [-0.05, 0) is 19.8 Å². The summed E-state index contributed by atoms with van der Waals surface area (Å²) in [6, 6.07) is 10.1. The van der Waals surface area contributed by atoms with Gasteiger partial charge in [0, 0.05) is 24.7 Å². The first-order valence-electron chi connectivity index (χ1n) is 7.23. The van der Waals surface area contributed by atoms with Gasteiger partial charge in [0.05, 0.1) is 10.7 Å². The van der Waals surface area contributed by atoms with Crippen LogP contribution < -0.4 is 5.73 Å². The van der Waals surface area contributed by atoms with E-state index in [1.165, 1.54) is 11.3 Å². The number of rotatable bonds is 2. The van der Waals surface area contributed by atoms with E-state index in [1.807, 2.05) is 42.2 Å². The molecular weight excluding hydrogens is 282 g/mol. The lowest BCUT2D eigenvalue weighted by Gasteiger charge is -2.30. The van der Waals surface area contributed by atoms with E-state index >= 15 is 0 Å². The fraction of sp³-hybridized carbons (Fsp3) is 0.375. The fourth-order valence-corrected chi connectivity index (χ4v) is 3.52. The molecule has 0 bridgehead atoms. The maximum atomic E-state index is 12.8. The van der Waals surface area contributed by atoms with Crippen LogP contribution in [0.15, 0.2) is 30.3 Å². The van der Waals surface area contributed by atoms with E-state index in [0.717, 1.165) is 47.1 Å². The molecule has 3 rings (SSSR count). The van der Waals surface area contributed by atoms with E-state index in [0.29, 0.717) is 0 Å². The Morgan fingerprint density at radius 3 is 2.62 bits per heavy atom. The first kappa shape index (κ1) is 14.2. The summed E-state index contributed by atoms with van der Waals surface area (Å²) in [5.41, 5.74) is 7.72. The average molecular weight is 301 g/mol. The topological polar surface area (TPSA) is 59.2 Å². The highest BCUT2D eigenvalue weighted by Gasteiger charge is 2.26. The molecule has 2 heterocycles. The number of likely N-dealkylation sites (tertiary alicyclic amines) is 1. The highest BCUT2D eigenvalue weighted by atomic mass is 32.1. The Bertz CT molecular complexity index is 630. The second-order valence-electron chi connectivity index (χ2n) is 5.41. The first-order chi connectivity index (χ1) is 10.1. The Hall–Kier alpha value is -1.72. The molecule has 0 saturated carbocycles. The van der Waals surface area contributed by atoms with Crippen LogP contribution in [0.4, 0.5) is 0 Å². The van der Waals surface area contributed by atoms with E-state index < -0.39 is 0 Å². The molecule has 110 valence electrons. The second kappa shape index (κ2) is 5.95. The molecule has 21 heavy (non-hydrogen) atoms. The molecule has 0 atom stereocenters. The molecule has 1 fully saturated rings. The third kappa shape index (κ3) is 2.99. The molecule has 1 amide bonds. The average Bonchev–Trinajstić information content (AvgIpc) is 2.90. The van der Waals surface area contributed by atoms with Crippen molar-refractivity contribution < 1.29 is 4.79 Å². The van der Waals surface area contributed by atoms with Gasteiger partial charge in [-0.2, -0.15) is 0 Å². The number of thiazole rings is 1. The van der Waals surface area contributed by atoms with Crippen LogP contribution in [0, 0.1) is 6.92 Å². The maximum Gasteiger partial charge on any atom is 0.266 e. The summed E-state index contributed by atoms with van der Waals surface area (Å²) in [7, 11) is 0. The number of carbonyl (C=O) groups excluding carboxylic acids is 1. The number of carbonyl (C=O) groups is 1. The molecule has 0 spiro atoms. The lowest BCUT2D eigenvalue weighted by atomic mass is 10.1. The van der Waals surface area contributed by atoms with Crippen LogP contribution in [0.2, 0.25) is 0 Å². The van der Waals surface area contributed by atoms with Gasteiger partial charge in [-0.3, -0.25) is 4.79 Å². The summed E-state index contributed by atoms with van der Waals surface area (Å²) in [6.07, 6.45) is 1.76. The highest BCUT2D eigenvalue weighted by Crippen LogP contribution is 2.29. The maximum absolute atomic E-state index is 12.8. The number of benzene rings is 1. The van der Waals surface area contributed by atoms with E-state index in [9.17, 15) is 4.79 Å². The molecule has 1 aliphatic rings. The lowest BCUT2D eigenvalue weighted by molar-refractivity contribution is 0.0720. The van der Waals surface area contributed by atoms with Crippen molar-refractivity contribution in [3.8, 4) is 11.3 Å². The van der Waals surface area contributed by atoms with Crippen molar-refractivity contribution in [2.24, 2.45) is 5.73 Å². The number of piperidine rings is 1. The van der Waals surface area contributed by atoms with Crippen molar-refractivity contribution in [1.82, 2.24) is 9.88 Å². The summed E-state index contributed by atoms with van der Waals surface area (Å²) in [6.45, 7) is 3.43. The molecule has 1 aromatic heterocycles. The van der Waals surface area contributed by atoms with Crippen molar-refractivity contribution in [2.75, 3.05) is 13.1 Å². The van der Waals surface area contributed by atoms with E-state index in [4.69, 9.17) is 5.73 Å². The molecule has 0 unspecified atom stereocenters. The van der Waals surface area contributed by atoms with Crippen LogP contribution in [-0.2, 0) is 0 Å². The van der Waals surface area contributed by atoms with E-state index in [1.54, 1.807) is 0 Å². The van der Waals surface area contributed by atoms with Gasteiger partial charge in [-0.1, -0.05) is 30.3 Å². The zero-order valence-corrected chi connectivity index (χ0v) is 12.9. The lowest BCUT2D eigenvalue weighted by Crippen LogP contribution is -2.42. The Kier molecular flexibility index (Phi) is 4.03. The molecule has 2 N–H and O–H groups in total. The molecule has 0 aliphatic carbocycles.